The molecule has 3 heteroatoms. The number of nitrogens with zero attached hydrogens (tertiary/aromatic N) is 1. The molecule has 0 aliphatic carbocycles. The Bertz CT molecular complexity index is 437. The number of rotatable bonds is 5. The van der Waals surface area contributed by atoms with Gasteiger partial charge in [0.25, 0.3) is 0 Å². The van der Waals surface area contributed by atoms with Crippen molar-refractivity contribution in [3.05, 3.63) is 24.3 Å². The fraction of sp³-hybridized carbons (Fsp3) is 0.667. The minimum atomic E-state index is 0.224. The van der Waals surface area contributed by atoms with Gasteiger partial charge in [-0.3, -0.25) is 0 Å². The van der Waals surface area contributed by atoms with E-state index in [-0.39, 0.29) is 11.6 Å². The van der Waals surface area contributed by atoms with E-state index in [1.54, 1.807) is 0 Å². The maximum Gasteiger partial charge on any atom is 0.119 e. The zero-order valence-electron chi connectivity index (χ0n) is 14.1. The first-order valence-electron chi connectivity index (χ1n) is 8.28. The monoisotopic (exact) mass is 290 g/mol. The van der Waals surface area contributed by atoms with Crippen LogP contribution in [0.4, 0.5) is 5.69 Å². The molecule has 1 unspecified atom stereocenters. The average molecular weight is 290 g/mol. The van der Waals surface area contributed by atoms with E-state index in [2.05, 4.69) is 69.1 Å². The third kappa shape index (κ3) is 3.70. The minimum Gasteiger partial charge on any atom is -0.491 e. The van der Waals surface area contributed by atoms with Gasteiger partial charge >= 0.3 is 0 Å². The Balaban J connectivity index is 2.15. The van der Waals surface area contributed by atoms with E-state index < -0.39 is 0 Å². The summed E-state index contributed by atoms with van der Waals surface area (Å²) in [5, 5.41) is 3.75. The highest BCUT2D eigenvalue weighted by atomic mass is 16.5. The highest BCUT2D eigenvalue weighted by molar-refractivity contribution is 5.51. The van der Waals surface area contributed by atoms with Gasteiger partial charge in [0, 0.05) is 30.4 Å². The maximum atomic E-state index is 5.74. The van der Waals surface area contributed by atoms with Crippen LogP contribution < -0.4 is 15.0 Å². The van der Waals surface area contributed by atoms with E-state index in [0.29, 0.717) is 6.04 Å². The Kier molecular flexibility index (Phi) is 5.15. The molecule has 1 aromatic rings. The highest BCUT2D eigenvalue weighted by Gasteiger charge is 2.35. The molecule has 2 rings (SSSR count). The van der Waals surface area contributed by atoms with Crippen LogP contribution in [0.5, 0.6) is 5.75 Å². The molecule has 1 aliphatic rings. The Labute approximate surface area is 129 Å². The number of hydrogen-bond acceptors (Lipinski definition) is 3. The van der Waals surface area contributed by atoms with Crippen molar-refractivity contribution >= 4 is 5.69 Å². The van der Waals surface area contributed by atoms with E-state index >= 15 is 0 Å². The van der Waals surface area contributed by atoms with Crippen LogP contribution in [0.15, 0.2) is 24.3 Å². The normalized spacial score (nSPS) is 21.6. The van der Waals surface area contributed by atoms with Crippen LogP contribution in [0.2, 0.25) is 0 Å². The summed E-state index contributed by atoms with van der Waals surface area (Å²) in [6, 6.07) is 9.08. The Hall–Kier alpha value is -1.22. The Morgan fingerprint density at radius 1 is 1.24 bits per heavy atom. The summed E-state index contributed by atoms with van der Waals surface area (Å²) < 4.78 is 5.74. The van der Waals surface area contributed by atoms with Crippen LogP contribution in [0, 0.1) is 0 Å². The molecule has 0 bridgehead atoms. The van der Waals surface area contributed by atoms with Gasteiger partial charge in [0.15, 0.2) is 0 Å². The second kappa shape index (κ2) is 6.69. The molecule has 1 heterocycles. The van der Waals surface area contributed by atoms with Gasteiger partial charge in [0.2, 0.25) is 0 Å². The lowest BCUT2D eigenvalue weighted by Gasteiger charge is -2.47. The van der Waals surface area contributed by atoms with Gasteiger partial charge in [-0.2, -0.15) is 0 Å². The summed E-state index contributed by atoms with van der Waals surface area (Å²) in [6.07, 6.45) is 2.56. The van der Waals surface area contributed by atoms with Crippen LogP contribution in [-0.4, -0.2) is 30.8 Å². The molecule has 1 aliphatic heterocycles. The molecule has 0 spiro atoms. The zero-order valence-corrected chi connectivity index (χ0v) is 14.1. The molecule has 3 nitrogen and oxygen atoms in total. The number of anilines is 1. The van der Waals surface area contributed by atoms with Crippen LogP contribution in [0.25, 0.3) is 0 Å². The molecular formula is C18H30N2O. The van der Waals surface area contributed by atoms with Crippen molar-refractivity contribution in [2.24, 2.45) is 0 Å². The fourth-order valence-electron chi connectivity index (χ4n) is 3.07. The summed E-state index contributed by atoms with van der Waals surface area (Å²) in [7, 11) is 0. The Morgan fingerprint density at radius 3 is 2.38 bits per heavy atom. The molecule has 118 valence electrons. The van der Waals surface area contributed by atoms with Crippen molar-refractivity contribution < 1.29 is 4.74 Å². The van der Waals surface area contributed by atoms with E-state index in [4.69, 9.17) is 4.74 Å². The molecule has 0 aromatic heterocycles. The molecule has 21 heavy (non-hydrogen) atoms. The van der Waals surface area contributed by atoms with Crippen LogP contribution in [0.1, 0.15) is 47.5 Å². The van der Waals surface area contributed by atoms with Gasteiger partial charge in [-0.05, 0) is 57.9 Å². The molecule has 0 radical (unpaired) electrons. The van der Waals surface area contributed by atoms with Crippen LogP contribution in [0.3, 0.4) is 0 Å². The van der Waals surface area contributed by atoms with Crippen LogP contribution in [-0.2, 0) is 0 Å². The summed E-state index contributed by atoms with van der Waals surface area (Å²) in [5.41, 5.74) is 1.55. The van der Waals surface area contributed by atoms with Gasteiger partial charge in [-0.25, -0.2) is 0 Å². The molecule has 1 aromatic carbocycles. The van der Waals surface area contributed by atoms with E-state index in [1.807, 2.05) is 0 Å². The number of hydrogen-bond donors (Lipinski definition) is 1. The first kappa shape index (κ1) is 16.2. The topological polar surface area (TPSA) is 24.5 Å². The lowest BCUT2D eigenvalue weighted by Crippen LogP contribution is -2.63. The second-order valence-electron chi connectivity index (χ2n) is 6.51. The molecule has 0 saturated carbocycles. The summed E-state index contributed by atoms with van der Waals surface area (Å²) in [4.78, 5) is 2.53. The van der Waals surface area contributed by atoms with Gasteiger partial charge in [0.1, 0.15) is 5.75 Å². The van der Waals surface area contributed by atoms with Crippen molar-refractivity contribution in [3.8, 4) is 5.75 Å². The fourth-order valence-corrected chi connectivity index (χ4v) is 3.07. The molecule has 1 N–H and O–H groups in total. The van der Waals surface area contributed by atoms with E-state index in [9.17, 15) is 0 Å². The first-order valence-corrected chi connectivity index (χ1v) is 8.28. The van der Waals surface area contributed by atoms with Crippen LogP contribution >= 0.6 is 0 Å². The molecular weight excluding hydrogens is 260 g/mol. The Morgan fingerprint density at radius 2 is 1.86 bits per heavy atom. The largest absolute Gasteiger partial charge is 0.491 e. The third-order valence-corrected chi connectivity index (χ3v) is 4.67. The number of benzene rings is 1. The first-order chi connectivity index (χ1) is 9.99. The average Bonchev–Trinajstić information content (AvgIpc) is 2.49. The predicted molar refractivity (Wildman–Crippen MR) is 90.3 cm³/mol. The summed E-state index contributed by atoms with van der Waals surface area (Å²) in [6.45, 7) is 13.1. The zero-order chi connectivity index (χ0) is 15.5. The van der Waals surface area contributed by atoms with Gasteiger partial charge in [0.05, 0.1) is 6.10 Å². The van der Waals surface area contributed by atoms with Crippen molar-refractivity contribution in [1.82, 2.24) is 5.32 Å². The number of ether oxygens (including phenoxy) is 1. The highest BCUT2D eigenvalue weighted by Crippen LogP contribution is 2.28. The van der Waals surface area contributed by atoms with E-state index in [1.165, 1.54) is 18.5 Å². The molecule has 1 fully saturated rings. The maximum absolute atomic E-state index is 5.74. The van der Waals surface area contributed by atoms with Crippen molar-refractivity contribution in [2.45, 2.75) is 65.1 Å². The van der Waals surface area contributed by atoms with E-state index in [0.717, 1.165) is 18.8 Å². The summed E-state index contributed by atoms with van der Waals surface area (Å²) in [5.74, 6) is 0.953. The minimum absolute atomic E-state index is 0.224. The number of piperazine rings is 1. The lowest BCUT2D eigenvalue weighted by atomic mass is 9.88. The SMILES string of the molecule is CCC1(CC)CN(c2ccc(OC(C)C)cc2)C(C)CN1. The van der Waals surface area contributed by atoms with Gasteiger partial charge in [-0.1, -0.05) is 13.8 Å². The molecule has 1 saturated heterocycles. The standard InChI is InChI=1S/C18H30N2O/c1-6-18(7-2)13-20(15(5)12-19-18)16-8-10-17(11-9-16)21-14(3)4/h8-11,14-15,19H,6-7,12-13H2,1-5H3. The predicted octanol–water partition coefficient (Wildman–Crippen LogP) is 3.83. The summed E-state index contributed by atoms with van der Waals surface area (Å²) >= 11 is 0. The third-order valence-electron chi connectivity index (χ3n) is 4.67. The van der Waals surface area contributed by atoms with Gasteiger partial charge in [-0.15, -0.1) is 0 Å². The number of nitrogens with one attached hydrogen (secondary N) is 1. The molecule has 0 amide bonds. The second-order valence-corrected chi connectivity index (χ2v) is 6.51. The smallest absolute Gasteiger partial charge is 0.119 e. The lowest BCUT2D eigenvalue weighted by molar-refractivity contribution is 0.242. The van der Waals surface area contributed by atoms with Gasteiger partial charge < -0.3 is 15.0 Å². The molecule has 1 atom stereocenters. The van der Waals surface area contributed by atoms with Crippen molar-refractivity contribution in [3.63, 3.8) is 0 Å². The quantitative estimate of drug-likeness (QED) is 0.892. The van der Waals surface area contributed by atoms with Crippen molar-refractivity contribution in [2.75, 3.05) is 18.0 Å². The van der Waals surface area contributed by atoms with Crippen molar-refractivity contribution in [1.29, 1.82) is 0 Å².